The van der Waals surface area contributed by atoms with Crippen molar-refractivity contribution in [3.05, 3.63) is 46.8 Å². The lowest BCUT2D eigenvalue weighted by molar-refractivity contribution is 0.629. The molecule has 0 fully saturated rings. The number of nitrogen functional groups attached to an aromatic ring is 1. The second-order valence-electron chi connectivity index (χ2n) is 3.81. The van der Waals surface area contributed by atoms with Crippen LogP contribution in [0.15, 0.2) is 41.0 Å². The summed E-state index contributed by atoms with van der Waals surface area (Å²) in [6, 6.07) is 8.23. The van der Waals surface area contributed by atoms with Gasteiger partial charge in [0.25, 0.3) is 0 Å². The Kier molecular flexibility index (Phi) is 2.52. The number of aromatic nitrogens is 3. The molecule has 0 radical (unpaired) electrons. The number of halogens is 2. The number of pyridine rings is 1. The van der Waals surface area contributed by atoms with Crippen molar-refractivity contribution in [3.63, 3.8) is 0 Å². The van der Waals surface area contributed by atoms with E-state index in [2.05, 4.69) is 26.1 Å². The summed E-state index contributed by atoms with van der Waals surface area (Å²) in [4.78, 5) is 0. The molecule has 2 aromatic heterocycles. The molecule has 0 saturated carbocycles. The molecule has 6 heteroatoms. The molecular weight excluding hydrogens is 299 g/mol. The smallest absolute Gasteiger partial charge is 0.172 e. The number of fused-ring (bicyclic) bond motifs is 1. The molecule has 0 aliphatic carbocycles. The highest BCUT2D eigenvalue weighted by Gasteiger charge is 2.15. The van der Waals surface area contributed by atoms with Gasteiger partial charge in [-0.2, -0.15) is 0 Å². The number of nitrogens with two attached hydrogens (primary N) is 1. The van der Waals surface area contributed by atoms with Gasteiger partial charge in [0.15, 0.2) is 11.5 Å². The first-order valence-electron chi connectivity index (χ1n) is 5.21. The topological polar surface area (TPSA) is 56.2 Å². The lowest BCUT2D eigenvalue weighted by atomic mass is 10.2. The van der Waals surface area contributed by atoms with Gasteiger partial charge in [-0.1, -0.05) is 6.07 Å². The summed E-state index contributed by atoms with van der Waals surface area (Å²) in [5, 5.41) is 8.00. The molecule has 2 heterocycles. The Balaban J connectivity index is 2.35. The zero-order valence-electron chi connectivity index (χ0n) is 9.14. The van der Waals surface area contributed by atoms with Gasteiger partial charge in [0.2, 0.25) is 0 Å². The van der Waals surface area contributed by atoms with E-state index in [-0.39, 0.29) is 5.82 Å². The molecule has 90 valence electrons. The Bertz CT molecular complexity index is 718. The molecule has 0 bridgehead atoms. The summed E-state index contributed by atoms with van der Waals surface area (Å²) in [5.41, 5.74) is 7.28. The molecule has 4 nitrogen and oxygen atoms in total. The predicted octanol–water partition coefficient (Wildman–Crippen LogP) is 2.88. The second-order valence-corrected chi connectivity index (χ2v) is 4.67. The van der Waals surface area contributed by atoms with E-state index < -0.39 is 0 Å². The lowest BCUT2D eigenvalue weighted by Crippen LogP contribution is -1.95. The molecule has 0 atom stereocenters. The average Bonchev–Trinajstić information content (AvgIpc) is 2.72. The highest BCUT2D eigenvalue weighted by Crippen LogP contribution is 2.29. The van der Waals surface area contributed by atoms with Crippen molar-refractivity contribution >= 4 is 27.3 Å². The quantitative estimate of drug-likeness (QED) is 0.752. The third kappa shape index (κ3) is 1.65. The molecule has 18 heavy (non-hydrogen) atoms. The summed E-state index contributed by atoms with van der Waals surface area (Å²) in [6.07, 6.45) is 1.67. The van der Waals surface area contributed by atoms with Crippen LogP contribution in [0.2, 0.25) is 0 Å². The summed E-state index contributed by atoms with van der Waals surface area (Å²) in [5.74, 6) is 0.0587. The van der Waals surface area contributed by atoms with Crippen LogP contribution in [0.3, 0.4) is 0 Å². The normalized spacial score (nSPS) is 11.0. The summed E-state index contributed by atoms with van der Waals surface area (Å²) in [6.45, 7) is 0. The van der Waals surface area contributed by atoms with E-state index in [9.17, 15) is 4.39 Å². The van der Waals surface area contributed by atoms with E-state index in [1.807, 2.05) is 0 Å². The van der Waals surface area contributed by atoms with Crippen LogP contribution in [0.5, 0.6) is 0 Å². The molecule has 0 unspecified atom stereocenters. The predicted molar refractivity (Wildman–Crippen MR) is 70.5 cm³/mol. The SMILES string of the molecule is Nc1ccc2nnc(-c3c(F)cccc3Br)n2c1. The maximum Gasteiger partial charge on any atom is 0.172 e. The van der Waals surface area contributed by atoms with Crippen molar-refractivity contribution in [2.45, 2.75) is 0 Å². The lowest BCUT2D eigenvalue weighted by Gasteiger charge is -2.04. The molecule has 2 N–H and O–H groups in total. The third-order valence-corrected chi connectivity index (χ3v) is 3.27. The highest BCUT2D eigenvalue weighted by atomic mass is 79.9. The van der Waals surface area contributed by atoms with E-state index in [1.165, 1.54) is 6.07 Å². The van der Waals surface area contributed by atoms with Gasteiger partial charge in [-0.05, 0) is 40.2 Å². The summed E-state index contributed by atoms with van der Waals surface area (Å²) in [7, 11) is 0. The summed E-state index contributed by atoms with van der Waals surface area (Å²) >= 11 is 3.32. The van der Waals surface area contributed by atoms with Crippen LogP contribution in [0.1, 0.15) is 0 Å². The molecular formula is C12H8BrFN4. The van der Waals surface area contributed by atoms with Crippen LogP contribution in [-0.4, -0.2) is 14.6 Å². The molecule has 3 rings (SSSR count). The zero-order valence-corrected chi connectivity index (χ0v) is 10.7. The minimum atomic E-state index is -0.360. The molecule has 1 aromatic carbocycles. The highest BCUT2D eigenvalue weighted by molar-refractivity contribution is 9.10. The monoisotopic (exact) mass is 306 g/mol. The fourth-order valence-corrected chi connectivity index (χ4v) is 2.31. The first-order chi connectivity index (χ1) is 8.66. The maximum absolute atomic E-state index is 13.9. The van der Waals surface area contributed by atoms with Crippen LogP contribution in [0, 0.1) is 5.82 Å². The Hall–Kier alpha value is -1.95. The van der Waals surface area contributed by atoms with Crippen molar-refractivity contribution in [1.29, 1.82) is 0 Å². The second kappa shape index (κ2) is 4.06. The number of rotatable bonds is 1. The Morgan fingerprint density at radius 2 is 2.00 bits per heavy atom. The summed E-state index contributed by atoms with van der Waals surface area (Å²) < 4.78 is 16.2. The number of benzene rings is 1. The van der Waals surface area contributed by atoms with Crippen molar-refractivity contribution in [2.75, 3.05) is 5.73 Å². The van der Waals surface area contributed by atoms with Crippen molar-refractivity contribution < 1.29 is 4.39 Å². The van der Waals surface area contributed by atoms with E-state index in [0.29, 0.717) is 27.2 Å². The van der Waals surface area contributed by atoms with Crippen molar-refractivity contribution in [2.24, 2.45) is 0 Å². The van der Waals surface area contributed by atoms with Crippen LogP contribution in [0.25, 0.3) is 17.0 Å². The van der Waals surface area contributed by atoms with Crippen molar-refractivity contribution in [1.82, 2.24) is 14.6 Å². The number of nitrogens with zero attached hydrogens (tertiary/aromatic N) is 3. The molecule has 0 spiro atoms. The molecule has 3 aromatic rings. The van der Waals surface area contributed by atoms with Gasteiger partial charge in [0, 0.05) is 16.4 Å². The van der Waals surface area contributed by atoms with Gasteiger partial charge < -0.3 is 5.73 Å². The van der Waals surface area contributed by atoms with E-state index in [1.54, 1.807) is 34.9 Å². The Labute approximate surface area is 110 Å². The van der Waals surface area contributed by atoms with E-state index in [4.69, 9.17) is 5.73 Å². The molecule has 0 aliphatic rings. The van der Waals surface area contributed by atoms with Crippen LogP contribution >= 0.6 is 15.9 Å². The minimum absolute atomic E-state index is 0.360. The fraction of sp³-hybridized carbons (Fsp3) is 0. The fourth-order valence-electron chi connectivity index (χ4n) is 1.79. The maximum atomic E-state index is 13.9. The first-order valence-corrected chi connectivity index (χ1v) is 6.01. The van der Waals surface area contributed by atoms with Gasteiger partial charge >= 0.3 is 0 Å². The Morgan fingerprint density at radius 1 is 1.17 bits per heavy atom. The van der Waals surface area contributed by atoms with Gasteiger partial charge in [0.1, 0.15) is 5.82 Å². The number of anilines is 1. The largest absolute Gasteiger partial charge is 0.398 e. The standard InChI is InChI=1S/C12H8BrFN4/c13-8-2-1-3-9(14)11(8)12-17-16-10-5-4-7(15)6-18(10)12/h1-6H,15H2. The molecule has 0 amide bonds. The van der Waals surface area contributed by atoms with Gasteiger partial charge in [0.05, 0.1) is 5.56 Å². The minimum Gasteiger partial charge on any atom is -0.398 e. The number of hydrogen-bond donors (Lipinski definition) is 1. The van der Waals surface area contributed by atoms with Gasteiger partial charge in [-0.25, -0.2) is 4.39 Å². The molecule has 0 saturated heterocycles. The van der Waals surface area contributed by atoms with E-state index >= 15 is 0 Å². The van der Waals surface area contributed by atoms with Crippen LogP contribution in [0.4, 0.5) is 10.1 Å². The Morgan fingerprint density at radius 3 is 2.78 bits per heavy atom. The average molecular weight is 307 g/mol. The first kappa shape index (κ1) is 11.2. The van der Waals surface area contributed by atoms with Crippen molar-refractivity contribution in [3.8, 4) is 11.4 Å². The van der Waals surface area contributed by atoms with Gasteiger partial charge in [-0.15, -0.1) is 10.2 Å². The van der Waals surface area contributed by atoms with Gasteiger partial charge in [-0.3, -0.25) is 4.40 Å². The van der Waals surface area contributed by atoms with E-state index in [0.717, 1.165) is 0 Å². The molecule has 0 aliphatic heterocycles. The third-order valence-electron chi connectivity index (χ3n) is 2.61. The van der Waals surface area contributed by atoms with Crippen LogP contribution in [-0.2, 0) is 0 Å². The van der Waals surface area contributed by atoms with Crippen LogP contribution < -0.4 is 5.73 Å². The zero-order chi connectivity index (χ0) is 12.7. The number of hydrogen-bond acceptors (Lipinski definition) is 3.